The molecule has 0 unspecified atom stereocenters. The summed E-state index contributed by atoms with van der Waals surface area (Å²) in [5, 5.41) is 21.9. The van der Waals surface area contributed by atoms with Crippen molar-refractivity contribution in [2.75, 3.05) is 0 Å². The van der Waals surface area contributed by atoms with Crippen molar-refractivity contribution in [2.45, 2.75) is 32.4 Å². The van der Waals surface area contributed by atoms with E-state index in [-0.39, 0.29) is 6.54 Å². The average molecular weight is 300 g/mol. The number of rotatable bonds is 7. The second-order valence-electron chi connectivity index (χ2n) is 4.04. The fourth-order valence-corrected chi connectivity index (χ4v) is 2.36. The summed E-state index contributed by atoms with van der Waals surface area (Å²) < 4.78 is 0. The van der Waals surface area contributed by atoms with E-state index in [0.29, 0.717) is 0 Å². The maximum Gasteiger partial charge on any atom is 0.326 e. The Labute approximate surface area is 119 Å². The van der Waals surface area contributed by atoms with Gasteiger partial charge in [0.15, 0.2) is 0 Å². The van der Waals surface area contributed by atoms with Crippen LogP contribution in [0.25, 0.3) is 0 Å². The quantitative estimate of drug-likeness (QED) is 0.600. The Hall–Kier alpha value is -2.09. The van der Waals surface area contributed by atoms with Gasteiger partial charge in [-0.3, -0.25) is 4.79 Å². The molecule has 0 saturated carbocycles. The molecular weight excluding hydrogens is 284 g/mol. The smallest absolute Gasteiger partial charge is 0.326 e. The highest BCUT2D eigenvalue weighted by Crippen LogP contribution is 2.16. The van der Waals surface area contributed by atoms with E-state index in [2.05, 4.69) is 10.6 Å². The molecule has 110 valence electrons. The van der Waals surface area contributed by atoms with Crippen LogP contribution >= 0.6 is 11.3 Å². The van der Waals surface area contributed by atoms with Gasteiger partial charge in [0.1, 0.15) is 6.04 Å². The van der Waals surface area contributed by atoms with Crippen LogP contribution in [0.5, 0.6) is 0 Å². The van der Waals surface area contributed by atoms with Crippen molar-refractivity contribution in [2.24, 2.45) is 0 Å². The summed E-state index contributed by atoms with van der Waals surface area (Å²) in [7, 11) is 0. The second-order valence-corrected chi connectivity index (χ2v) is 5.29. The zero-order valence-electron chi connectivity index (χ0n) is 10.9. The standard InChI is InChI=1S/C12H16N2O5S/c1-2-7-3-4-8(20-7)6-13-12(19)14-9(11(17)18)5-10(15)16/h3-4,9H,2,5-6H2,1H3,(H,15,16)(H,17,18)(H2,13,14,19)/t9-/m1/s1. The van der Waals surface area contributed by atoms with Gasteiger partial charge in [0.05, 0.1) is 13.0 Å². The number of nitrogens with one attached hydrogen (secondary N) is 2. The molecule has 0 aliphatic rings. The fourth-order valence-electron chi connectivity index (χ4n) is 1.46. The number of hydrogen-bond donors (Lipinski definition) is 4. The molecule has 4 N–H and O–H groups in total. The molecule has 1 atom stereocenters. The number of thiophene rings is 1. The van der Waals surface area contributed by atoms with Crippen molar-refractivity contribution in [1.29, 1.82) is 0 Å². The molecule has 1 aromatic rings. The van der Waals surface area contributed by atoms with Crippen LogP contribution in [-0.2, 0) is 22.6 Å². The van der Waals surface area contributed by atoms with Crippen molar-refractivity contribution >= 4 is 29.3 Å². The van der Waals surface area contributed by atoms with E-state index in [9.17, 15) is 14.4 Å². The number of carbonyl (C=O) groups is 3. The molecule has 1 aromatic heterocycles. The van der Waals surface area contributed by atoms with Crippen molar-refractivity contribution < 1.29 is 24.6 Å². The molecule has 0 spiro atoms. The molecule has 0 saturated heterocycles. The predicted molar refractivity (Wildman–Crippen MR) is 72.7 cm³/mol. The minimum atomic E-state index is -1.44. The molecule has 1 heterocycles. The molecular formula is C12H16N2O5S. The number of aliphatic carboxylic acids is 2. The van der Waals surface area contributed by atoms with E-state index in [1.807, 2.05) is 19.1 Å². The number of carbonyl (C=O) groups excluding carboxylic acids is 1. The van der Waals surface area contributed by atoms with Crippen LogP contribution in [0.3, 0.4) is 0 Å². The lowest BCUT2D eigenvalue weighted by atomic mass is 10.2. The normalized spacial score (nSPS) is 11.7. The maximum atomic E-state index is 11.5. The van der Waals surface area contributed by atoms with Crippen LogP contribution < -0.4 is 10.6 Å². The molecule has 0 bridgehead atoms. The van der Waals surface area contributed by atoms with Crippen molar-refractivity contribution in [3.05, 3.63) is 21.9 Å². The van der Waals surface area contributed by atoms with Gasteiger partial charge in [-0.05, 0) is 18.6 Å². The first kappa shape index (κ1) is 16.0. The number of hydrogen-bond acceptors (Lipinski definition) is 4. The van der Waals surface area contributed by atoms with Crippen LogP contribution in [0.2, 0.25) is 0 Å². The number of urea groups is 1. The van der Waals surface area contributed by atoms with Gasteiger partial charge < -0.3 is 20.8 Å². The van der Waals surface area contributed by atoms with Gasteiger partial charge in [-0.25, -0.2) is 9.59 Å². The predicted octanol–water partition coefficient (Wildman–Crippen LogP) is 1.04. The Morgan fingerprint density at radius 1 is 1.25 bits per heavy atom. The Morgan fingerprint density at radius 3 is 2.40 bits per heavy atom. The zero-order valence-corrected chi connectivity index (χ0v) is 11.7. The molecule has 7 nitrogen and oxygen atoms in total. The van der Waals surface area contributed by atoms with Crippen molar-refractivity contribution in [3.63, 3.8) is 0 Å². The van der Waals surface area contributed by atoms with Crippen LogP contribution in [-0.4, -0.2) is 34.2 Å². The zero-order chi connectivity index (χ0) is 15.1. The van der Waals surface area contributed by atoms with Gasteiger partial charge >= 0.3 is 18.0 Å². The molecule has 8 heteroatoms. The first-order valence-corrected chi connectivity index (χ1v) is 6.80. The Kier molecular flexibility index (Phi) is 5.98. The Morgan fingerprint density at radius 2 is 1.90 bits per heavy atom. The highest BCUT2D eigenvalue weighted by molar-refractivity contribution is 7.11. The summed E-state index contributed by atoms with van der Waals surface area (Å²) in [6.07, 6.45) is 0.248. The molecule has 1 rings (SSSR count). The van der Waals surface area contributed by atoms with Gasteiger partial charge in [-0.15, -0.1) is 11.3 Å². The van der Waals surface area contributed by atoms with Crippen LogP contribution in [0, 0.1) is 0 Å². The van der Waals surface area contributed by atoms with E-state index in [1.54, 1.807) is 11.3 Å². The monoisotopic (exact) mass is 300 g/mol. The van der Waals surface area contributed by atoms with E-state index >= 15 is 0 Å². The van der Waals surface area contributed by atoms with Crippen LogP contribution in [0.4, 0.5) is 4.79 Å². The lowest BCUT2D eigenvalue weighted by Gasteiger charge is -2.12. The maximum absolute atomic E-state index is 11.5. The fraction of sp³-hybridized carbons (Fsp3) is 0.417. The summed E-state index contributed by atoms with van der Waals surface area (Å²) in [5.74, 6) is -2.67. The lowest BCUT2D eigenvalue weighted by Crippen LogP contribution is -2.46. The first-order valence-electron chi connectivity index (χ1n) is 5.99. The van der Waals surface area contributed by atoms with Gasteiger partial charge in [-0.2, -0.15) is 0 Å². The van der Waals surface area contributed by atoms with Crippen molar-refractivity contribution in [3.8, 4) is 0 Å². The van der Waals surface area contributed by atoms with Gasteiger partial charge in [0.2, 0.25) is 0 Å². The number of carboxylic acids is 2. The van der Waals surface area contributed by atoms with E-state index in [1.165, 1.54) is 4.88 Å². The average Bonchev–Trinajstić information content (AvgIpc) is 2.83. The summed E-state index contributed by atoms with van der Waals surface area (Å²) in [4.78, 5) is 34.9. The number of carboxylic acid groups (broad SMARTS) is 2. The molecule has 0 radical (unpaired) electrons. The second kappa shape index (κ2) is 7.49. The van der Waals surface area contributed by atoms with E-state index < -0.39 is 30.4 Å². The largest absolute Gasteiger partial charge is 0.481 e. The molecule has 0 aliphatic heterocycles. The Balaban J connectivity index is 2.45. The summed E-state index contributed by atoms with van der Waals surface area (Å²) in [6, 6.07) is 1.70. The summed E-state index contributed by atoms with van der Waals surface area (Å²) in [6.45, 7) is 2.30. The number of aryl methyl sites for hydroxylation is 1. The van der Waals surface area contributed by atoms with Crippen LogP contribution in [0.15, 0.2) is 12.1 Å². The third-order valence-electron chi connectivity index (χ3n) is 2.47. The summed E-state index contributed by atoms with van der Waals surface area (Å²) in [5.41, 5.74) is 0. The summed E-state index contributed by atoms with van der Waals surface area (Å²) >= 11 is 1.56. The van der Waals surface area contributed by atoms with E-state index in [0.717, 1.165) is 11.3 Å². The third kappa shape index (κ3) is 5.27. The molecule has 0 aromatic carbocycles. The highest BCUT2D eigenvalue weighted by atomic mass is 32.1. The van der Waals surface area contributed by atoms with Gasteiger partial charge in [0, 0.05) is 9.75 Å². The van der Waals surface area contributed by atoms with Crippen LogP contribution in [0.1, 0.15) is 23.1 Å². The lowest BCUT2D eigenvalue weighted by molar-refractivity contribution is -0.145. The highest BCUT2D eigenvalue weighted by Gasteiger charge is 2.22. The van der Waals surface area contributed by atoms with Crippen molar-refractivity contribution in [1.82, 2.24) is 10.6 Å². The SMILES string of the molecule is CCc1ccc(CNC(=O)N[C@H](CC(=O)O)C(=O)O)s1. The topological polar surface area (TPSA) is 116 Å². The number of amides is 2. The minimum Gasteiger partial charge on any atom is -0.481 e. The molecule has 0 aliphatic carbocycles. The van der Waals surface area contributed by atoms with Gasteiger partial charge in [0.25, 0.3) is 0 Å². The van der Waals surface area contributed by atoms with Gasteiger partial charge in [-0.1, -0.05) is 6.92 Å². The molecule has 2 amide bonds. The molecule has 20 heavy (non-hydrogen) atoms. The Bertz CT molecular complexity index is 500. The molecule has 0 fully saturated rings. The van der Waals surface area contributed by atoms with E-state index in [4.69, 9.17) is 10.2 Å². The third-order valence-corrected chi connectivity index (χ3v) is 3.70. The first-order chi connectivity index (χ1) is 9.42. The minimum absolute atomic E-state index is 0.274.